The van der Waals surface area contributed by atoms with Crippen molar-refractivity contribution in [2.45, 2.75) is 32.2 Å². The molecule has 1 saturated heterocycles. The summed E-state index contributed by atoms with van der Waals surface area (Å²) in [6.07, 6.45) is 3.24. The van der Waals surface area contributed by atoms with Crippen LogP contribution in [-0.2, 0) is 6.42 Å². The normalized spacial score (nSPS) is 18.9. The summed E-state index contributed by atoms with van der Waals surface area (Å²) in [5.41, 5.74) is 2.18. The summed E-state index contributed by atoms with van der Waals surface area (Å²) in [7, 11) is 0. The Morgan fingerprint density at radius 3 is 3.11 bits per heavy atom. The van der Waals surface area contributed by atoms with Crippen LogP contribution in [0, 0.1) is 6.92 Å². The van der Waals surface area contributed by atoms with E-state index in [4.69, 9.17) is 4.52 Å². The fourth-order valence-corrected chi connectivity index (χ4v) is 2.71. The minimum atomic E-state index is 0.484. The lowest BCUT2D eigenvalue weighted by Gasteiger charge is -2.04. The Kier molecular flexibility index (Phi) is 3.66. The first kappa shape index (κ1) is 12.8. The molecule has 0 aliphatic carbocycles. The number of hydrogen-bond acceptors (Lipinski definition) is 4. The lowest BCUT2D eigenvalue weighted by atomic mass is 10.1. The highest BCUT2D eigenvalue weighted by molar-refractivity contribution is 9.10. The summed E-state index contributed by atoms with van der Waals surface area (Å²) in [6, 6.07) is 6.58. The predicted octanol–water partition coefficient (Wildman–Crippen LogP) is 3.10. The number of halogens is 1. The summed E-state index contributed by atoms with van der Waals surface area (Å²) in [5.74, 6) is 1.37. The van der Waals surface area contributed by atoms with Crippen LogP contribution in [0.1, 0.15) is 24.3 Å². The highest BCUT2D eigenvalue weighted by atomic mass is 79.9. The van der Waals surface area contributed by atoms with Crippen LogP contribution in [-0.4, -0.2) is 22.7 Å². The highest BCUT2D eigenvalue weighted by Crippen LogP contribution is 2.24. The van der Waals surface area contributed by atoms with Gasteiger partial charge in [-0.3, -0.25) is 0 Å². The molecule has 1 atom stereocenters. The summed E-state index contributed by atoms with van der Waals surface area (Å²) >= 11 is 3.52. The SMILES string of the molecule is Cc1ccc(-c2noc(CC3CCCN3)n2)cc1Br. The number of aromatic nitrogens is 2. The van der Waals surface area contributed by atoms with Gasteiger partial charge in [-0.15, -0.1) is 0 Å². The average Bonchev–Trinajstić information content (AvgIpc) is 3.05. The third-order valence-electron chi connectivity index (χ3n) is 3.48. The number of benzene rings is 1. The smallest absolute Gasteiger partial charge is 0.228 e. The maximum absolute atomic E-state index is 5.33. The molecule has 3 rings (SSSR count). The molecule has 1 aromatic heterocycles. The fourth-order valence-electron chi connectivity index (χ4n) is 2.33. The largest absolute Gasteiger partial charge is 0.339 e. The van der Waals surface area contributed by atoms with Crippen molar-refractivity contribution < 1.29 is 4.52 Å². The van der Waals surface area contributed by atoms with Gasteiger partial charge < -0.3 is 9.84 Å². The van der Waals surface area contributed by atoms with E-state index in [2.05, 4.69) is 38.3 Å². The standard InChI is InChI=1S/C14H16BrN3O/c1-9-4-5-10(7-12(9)15)14-17-13(19-18-14)8-11-3-2-6-16-11/h4-5,7,11,16H,2-3,6,8H2,1H3. The Morgan fingerprint density at radius 1 is 1.47 bits per heavy atom. The second kappa shape index (κ2) is 5.43. The third-order valence-corrected chi connectivity index (χ3v) is 4.34. The number of nitrogens with zero attached hydrogens (tertiary/aromatic N) is 2. The molecule has 0 bridgehead atoms. The van der Waals surface area contributed by atoms with Gasteiger partial charge in [-0.2, -0.15) is 4.98 Å². The first-order valence-corrected chi connectivity index (χ1v) is 7.34. The van der Waals surface area contributed by atoms with Gasteiger partial charge in [-0.1, -0.05) is 33.2 Å². The van der Waals surface area contributed by atoms with Gasteiger partial charge in [-0.05, 0) is 37.9 Å². The molecule has 0 saturated carbocycles. The molecule has 100 valence electrons. The lowest BCUT2D eigenvalue weighted by molar-refractivity contribution is 0.364. The third kappa shape index (κ3) is 2.87. The van der Waals surface area contributed by atoms with Crippen LogP contribution in [0.2, 0.25) is 0 Å². The lowest BCUT2D eigenvalue weighted by Crippen LogP contribution is -2.23. The summed E-state index contributed by atoms with van der Waals surface area (Å²) < 4.78 is 6.40. The van der Waals surface area contributed by atoms with Gasteiger partial charge in [0.2, 0.25) is 11.7 Å². The number of aryl methyl sites for hydroxylation is 1. The van der Waals surface area contributed by atoms with E-state index in [1.54, 1.807) is 0 Å². The highest BCUT2D eigenvalue weighted by Gasteiger charge is 2.18. The minimum absolute atomic E-state index is 0.484. The Hall–Kier alpha value is -1.20. The Balaban J connectivity index is 1.78. The van der Waals surface area contributed by atoms with E-state index in [0.717, 1.165) is 23.0 Å². The summed E-state index contributed by atoms with van der Waals surface area (Å²) in [5, 5.41) is 7.50. The number of nitrogens with one attached hydrogen (secondary N) is 1. The minimum Gasteiger partial charge on any atom is -0.339 e. The van der Waals surface area contributed by atoms with Crippen LogP contribution in [0.15, 0.2) is 27.2 Å². The zero-order chi connectivity index (χ0) is 13.2. The number of rotatable bonds is 3. The number of hydrogen-bond donors (Lipinski definition) is 1. The van der Waals surface area contributed by atoms with Crippen molar-refractivity contribution in [1.29, 1.82) is 0 Å². The van der Waals surface area contributed by atoms with Gasteiger partial charge in [0.15, 0.2) is 0 Å². The first-order chi connectivity index (χ1) is 9.22. The van der Waals surface area contributed by atoms with E-state index in [9.17, 15) is 0 Å². The summed E-state index contributed by atoms with van der Waals surface area (Å²) in [6.45, 7) is 3.15. The van der Waals surface area contributed by atoms with Crippen LogP contribution < -0.4 is 5.32 Å². The van der Waals surface area contributed by atoms with E-state index < -0.39 is 0 Å². The zero-order valence-corrected chi connectivity index (χ0v) is 12.4. The summed E-state index contributed by atoms with van der Waals surface area (Å²) in [4.78, 5) is 4.48. The fraction of sp³-hybridized carbons (Fsp3) is 0.429. The maximum Gasteiger partial charge on any atom is 0.228 e. The second-order valence-corrected chi connectivity index (χ2v) is 5.83. The van der Waals surface area contributed by atoms with Crippen molar-refractivity contribution in [2.75, 3.05) is 6.54 Å². The van der Waals surface area contributed by atoms with Crippen molar-refractivity contribution in [3.8, 4) is 11.4 Å². The van der Waals surface area contributed by atoms with Gasteiger partial charge in [0, 0.05) is 22.5 Å². The Bertz CT molecular complexity index is 576. The predicted molar refractivity (Wildman–Crippen MR) is 76.9 cm³/mol. The molecule has 1 fully saturated rings. The van der Waals surface area contributed by atoms with E-state index >= 15 is 0 Å². The molecule has 1 aliphatic rings. The van der Waals surface area contributed by atoms with Crippen LogP contribution in [0.25, 0.3) is 11.4 Å². The van der Waals surface area contributed by atoms with E-state index in [1.165, 1.54) is 18.4 Å². The molecule has 1 unspecified atom stereocenters. The van der Waals surface area contributed by atoms with E-state index in [-0.39, 0.29) is 0 Å². The zero-order valence-electron chi connectivity index (χ0n) is 10.8. The molecule has 4 nitrogen and oxygen atoms in total. The van der Waals surface area contributed by atoms with Crippen molar-refractivity contribution in [3.05, 3.63) is 34.1 Å². The van der Waals surface area contributed by atoms with E-state index in [1.807, 2.05) is 18.2 Å². The quantitative estimate of drug-likeness (QED) is 0.943. The van der Waals surface area contributed by atoms with Crippen LogP contribution >= 0.6 is 15.9 Å². The van der Waals surface area contributed by atoms with Crippen LogP contribution in [0.4, 0.5) is 0 Å². The molecule has 0 spiro atoms. The molecule has 2 heterocycles. The monoisotopic (exact) mass is 321 g/mol. The molecule has 0 amide bonds. The van der Waals surface area contributed by atoms with Gasteiger partial charge in [-0.25, -0.2) is 0 Å². The van der Waals surface area contributed by atoms with Crippen molar-refractivity contribution in [3.63, 3.8) is 0 Å². The van der Waals surface area contributed by atoms with Gasteiger partial charge in [0.25, 0.3) is 0 Å². The van der Waals surface area contributed by atoms with Crippen molar-refractivity contribution >= 4 is 15.9 Å². The molecule has 5 heteroatoms. The van der Waals surface area contributed by atoms with Crippen molar-refractivity contribution in [2.24, 2.45) is 0 Å². The van der Waals surface area contributed by atoms with Crippen LogP contribution in [0.3, 0.4) is 0 Å². The van der Waals surface area contributed by atoms with Crippen LogP contribution in [0.5, 0.6) is 0 Å². The second-order valence-electron chi connectivity index (χ2n) is 4.97. The molecule has 1 aliphatic heterocycles. The van der Waals surface area contributed by atoms with Gasteiger partial charge in [0.1, 0.15) is 0 Å². The molecule has 2 aromatic rings. The van der Waals surface area contributed by atoms with Gasteiger partial charge >= 0.3 is 0 Å². The average molecular weight is 322 g/mol. The van der Waals surface area contributed by atoms with Crippen molar-refractivity contribution in [1.82, 2.24) is 15.5 Å². The molecule has 19 heavy (non-hydrogen) atoms. The molecular weight excluding hydrogens is 306 g/mol. The molecule has 1 N–H and O–H groups in total. The topological polar surface area (TPSA) is 51.0 Å². The first-order valence-electron chi connectivity index (χ1n) is 6.55. The molecular formula is C14H16BrN3O. The molecule has 0 radical (unpaired) electrons. The molecule has 1 aromatic carbocycles. The van der Waals surface area contributed by atoms with Gasteiger partial charge in [0.05, 0.1) is 0 Å². The Labute approximate surface area is 120 Å². The Morgan fingerprint density at radius 2 is 2.37 bits per heavy atom. The van der Waals surface area contributed by atoms with E-state index in [0.29, 0.717) is 17.8 Å². The maximum atomic E-state index is 5.33.